The molecule has 0 heterocycles. The van der Waals surface area contributed by atoms with Crippen LogP contribution in [-0.4, -0.2) is 30.4 Å². The number of nitrogens with one attached hydrogen (secondary N) is 2. The zero-order valence-corrected chi connectivity index (χ0v) is 14.0. The summed E-state index contributed by atoms with van der Waals surface area (Å²) in [5.74, 6) is -0.367. The molecule has 0 aliphatic heterocycles. The predicted octanol–water partition coefficient (Wildman–Crippen LogP) is 3.49. The van der Waals surface area contributed by atoms with Gasteiger partial charge in [0.05, 0.1) is 12.1 Å². The Morgan fingerprint density at radius 1 is 1.00 bits per heavy atom. The molecule has 0 aliphatic rings. The second-order valence-corrected chi connectivity index (χ2v) is 5.62. The van der Waals surface area contributed by atoms with Crippen LogP contribution in [0.5, 0.6) is 0 Å². The van der Waals surface area contributed by atoms with Crippen LogP contribution < -0.4 is 10.6 Å². The Morgan fingerprint density at radius 2 is 1.62 bits per heavy atom. The zero-order valence-electron chi connectivity index (χ0n) is 14.0. The molecule has 0 atom stereocenters. The fourth-order valence-corrected chi connectivity index (χ4v) is 2.15. The summed E-state index contributed by atoms with van der Waals surface area (Å²) in [5, 5.41) is 5.02. The van der Waals surface area contributed by atoms with E-state index in [4.69, 9.17) is 0 Å². The highest BCUT2D eigenvalue weighted by molar-refractivity contribution is 5.92. The lowest BCUT2D eigenvalue weighted by Gasteiger charge is -2.18. The predicted molar refractivity (Wildman–Crippen MR) is 91.4 cm³/mol. The third-order valence-electron chi connectivity index (χ3n) is 3.56. The molecule has 0 saturated heterocycles. The molecule has 0 aromatic heterocycles. The molecule has 26 heavy (non-hydrogen) atoms. The summed E-state index contributed by atoms with van der Waals surface area (Å²) in [6.45, 7) is -0.0885. The van der Waals surface area contributed by atoms with E-state index in [0.29, 0.717) is 11.3 Å². The van der Waals surface area contributed by atoms with Crippen LogP contribution >= 0.6 is 0 Å². The molecule has 0 bridgehead atoms. The Balaban J connectivity index is 1.81. The number of carbonyl (C=O) groups excluding carboxylic acids is 2. The van der Waals surface area contributed by atoms with Gasteiger partial charge in [-0.25, -0.2) is 4.79 Å². The summed E-state index contributed by atoms with van der Waals surface area (Å²) in [4.78, 5) is 25.1. The largest absolute Gasteiger partial charge is 0.416 e. The van der Waals surface area contributed by atoms with E-state index >= 15 is 0 Å². The Kier molecular flexibility index (Phi) is 6.21. The molecular formula is C18H18F3N3O2. The molecule has 0 saturated carbocycles. The molecule has 2 N–H and O–H groups in total. The van der Waals surface area contributed by atoms with Crippen LogP contribution in [0, 0.1) is 0 Å². The van der Waals surface area contributed by atoms with Crippen molar-refractivity contribution < 1.29 is 22.8 Å². The lowest BCUT2D eigenvalue weighted by atomic mass is 10.1. The molecule has 5 nitrogen and oxygen atoms in total. The van der Waals surface area contributed by atoms with Gasteiger partial charge in [0.2, 0.25) is 5.91 Å². The van der Waals surface area contributed by atoms with E-state index in [-0.39, 0.29) is 19.0 Å². The Labute approximate surface area is 148 Å². The lowest BCUT2D eigenvalue weighted by Crippen LogP contribution is -2.39. The number of amides is 3. The lowest BCUT2D eigenvalue weighted by molar-refractivity contribution is -0.137. The first-order valence-electron chi connectivity index (χ1n) is 7.75. The molecule has 2 aromatic rings. The number of likely N-dealkylation sites (N-methyl/N-ethyl adjacent to an activating group) is 1. The average Bonchev–Trinajstić information content (AvgIpc) is 2.60. The number of hydrogen-bond donors (Lipinski definition) is 2. The molecule has 0 radical (unpaired) electrons. The normalized spacial score (nSPS) is 10.9. The van der Waals surface area contributed by atoms with E-state index in [1.165, 1.54) is 24.1 Å². The van der Waals surface area contributed by atoms with E-state index in [1.807, 2.05) is 6.07 Å². The Bertz CT molecular complexity index is 747. The van der Waals surface area contributed by atoms with Gasteiger partial charge in [0.25, 0.3) is 0 Å². The number of halogens is 3. The van der Waals surface area contributed by atoms with Crippen molar-refractivity contribution >= 4 is 17.6 Å². The summed E-state index contributed by atoms with van der Waals surface area (Å²) in [6.07, 6.45) is -4.39. The third-order valence-corrected chi connectivity index (χ3v) is 3.56. The van der Waals surface area contributed by atoms with Crippen LogP contribution in [0.3, 0.4) is 0 Å². The number of urea groups is 1. The van der Waals surface area contributed by atoms with Crippen molar-refractivity contribution in [1.82, 2.24) is 10.2 Å². The van der Waals surface area contributed by atoms with Gasteiger partial charge in [-0.15, -0.1) is 0 Å². The number of nitrogens with zero attached hydrogens (tertiary/aromatic N) is 1. The standard InChI is InChI=1S/C18H18F3N3O2/c1-24(12-13-7-9-14(10-8-13)18(19,20)21)16(25)11-22-17(26)23-15-5-3-2-4-6-15/h2-10H,11-12H2,1H3,(H2,22,23,26). The van der Waals surface area contributed by atoms with E-state index in [1.54, 1.807) is 24.3 Å². The van der Waals surface area contributed by atoms with Crippen LogP contribution in [0.1, 0.15) is 11.1 Å². The molecule has 138 valence electrons. The Hall–Kier alpha value is -3.03. The summed E-state index contributed by atoms with van der Waals surface area (Å²) in [5.41, 5.74) is 0.410. The van der Waals surface area contributed by atoms with Gasteiger partial charge in [0.15, 0.2) is 0 Å². The van der Waals surface area contributed by atoms with Crippen molar-refractivity contribution in [3.8, 4) is 0 Å². The molecule has 0 fully saturated rings. The number of alkyl halides is 3. The van der Waals surface area contributed by atoms with Crippen molar-refractivity contribution in [1.29, 1.82) is 0 Å². The molecule has 0 spiro atoms. The van der Waals surface area contributed by atoms with Crippen LogP contribution in [0.25, 0.3) is 0 Å². The molecule has 8 heteroatoms. The van der Waals surface area contributed by atoms with Crippen LogP contribution in [0.2, 0.25) is 0 Å². The fourth-order valence-electron chi connectivity index (χ4n) is 2.15. The first-order chi connectivity index (χ1) is 12.3. The second kappa shape index (κ2) is 8.37. The molecule has 0 unspecified atom stereocenters. The van der Waals surface area contributed by atoms with Crippen LogP contribution in [-0.2, 0) is 17.5 Å². The van der Waals surface area contributed by atoms with Crippen molar-refractivity contribution in [2.24, 2.45) is 0 Å². The zero-order chi connectivity index (χ0) is 19.2. The van der Waals surface area contributed by atoms with E-state index in [9.17, 15) is 22.8 Å². The van der Waals surface area contributed by atoms with Gasteiger partial charge in [-0.2, -0.15) is 13.2 Å². The van der Waals surface area contributed by atoms with Gasteiger partial charge in [-0.05, 0) is 29.8 Å². The molecule has 2 rings (SSSR count). The summed E-state index contributed by atoms with van der Waals surface area (Å²) >= 11 is 0. The second-order valence-electron chi connectivity index (χ2n) is 5.62. The van der Waals surface area contributed by atoms with Crippen molar-refractivity contribution in [2.45, 2.75) is 12.7 Å². The van der Waals surface area contributed by atoms with Gasteiger partial charge in [0, 0.05) is 19.3 Å². The minimum absolute atomic E-state index is 0.138. The molecule has 3 amide bonds. The minimum atomic E-state index is -4.39. The third kappa shape index (κ3) is 5.80. The average molecular weight is 365 g/mol. The number of para-hydroxylation sites is 1. The smallest absolute Gasteiger partial charge is 0.340 e. The molecule has 2 aromatic carbocycles. The Morgan fingerprint density at radius 3 is 2.19 bits per heavy atom. The maximum atomic E-state index is 12.5. The maximum absolute atomic E-state index is 12.5. The molecular weight excluding hydrogens is 347 g/mol. The summed E-state index contributed by atoms with van der Waals surface area (Å²) in [7, 11) is 1.51. The quantitative estimate of drug-likeness (QED) is 0.852. The molecule has 0 aliphatic carbocycles. The van der Waals surface area contributed by atoms with Crippen molar-refractivity contribution in [3.05, 3.63) is 65.7 Å². The van der Waals surface area contributed by atoms with E-state index in [0.717, 1.165) is 12.1 Å². The first kappa shape index (κ1) is 19.3. The highest BCUT2D eigenvalue weighted by atomic mass is 19.4. The topological polar surface area (TPSA) is 61.4 Å². The number of rotatable bonds is 5. The number of anilines is 1. The van der Waals surface area contributed by atoms with Crippen LogP contribution in [0.15, 0.2) is 54.6 Å². The van der Waals surface area contributed by atoms with Crippen molar-refractivity contribution in [3.63, 3.8) is 0 Å². The summed E-state index contributed by atoms with van der Waals surface area (Å²) in [6, 6.07) is 12.8. The van der Waals surface area contributed by atoms with Gasteiger partial charge in [-0.1, -0.05) is 30.3 Å². The summed E-state index contributed by atoms with van der Waals surface area (Å²) < 4.78 is 37.6. The highest BCUT2D eigenvalue weighted by Crippen LogP contribution is 2.29. The van der Waals surface area contributed by atoms with E-state index < -0.39 is 17.8 Å². The van der Waals surface area contributed by atoms with Gasteiger partial charge < -0.3 is 15.5 Å². The highest BCUT2D eigenvalue weighted by Gasteiger charge is 2.29. The maximum Gasteiger partial charge on any atom is 0.416 e. The number of benzene rings is 2. The number of carbonyl (C=O) groups is 2. The van der Waals surface area contributed by atoms with Crippen LogP contribution in [0.4, 0.5) is 23.7 Å². The van der Waals surface area contributed by atoms with Gasteiger partial charge >= 0.3 is 12.2 Å². The minimum Gasteiger partial charge on any atom is -0.340 e. The monoisotopic (exact) mass is 365 g/mol. The van der Waals surface area contributed by atoms with Gasteiger partial charge in [0.1, 0.15) is 0 Å². The number of hydrogen-bond acceptors (Lipinski definition) is 2. The fraction of sp³-hybridized carbons (Fsp3) is 0.222. The SMILES string of the molecule is CN(Cc1ccc(C(F)(F)F)cc1)C(=O)CNC(=O)Nc1ccccc1. The first-order valence-corrected chi connectivity index (χ1v) is 7.75. The van der Waals surface area contributed by atoms with Crippen molar-refractivity contribution in [2.75, 3.05) is 18.9 Å². The van der Waals surface area contributed by atoms with E-state index in [2.05, 4.69) is 10.6 Å². The van der Waals surface area contributed by atoms with Gasteiger partial charge in [-0.3, -0.25) is 4.79 Å².